The maximum Gasteiger partial charge on any atom is 0.274 e. The number of likely N-dealkylation sites (N-methyl/N-ethyl adjacent to an activating group) is 1. The lowest BCUT2D eigenvalue weighted by molar-refractivity contribution is 0.0784. The number of benzene rings is 2. The minimum absolute atomic E-state index is 0.0694. The molecule has 8 heteroatoms. The summed E-state index contributed by atoms with van der Waals surface area (Å²) in [6.45, 7) is 3.43. The molecule has 1 amide bonds. The summed E-state index contributed by atoms with van der Waals surface area (Å²) in [5.41, 5.74) is 4.72. The highest BCUT2D eigenvalue weighted by molar-refractivity contribution is 5.93. The molecule has 0 radical (unpaired) electrons. The number of nitrogens with zero attached hydrogens (tertiary/aromatic N) is 6. The van der Waals surface area contributed by atoms with E-state index in [0.29, 0.717) is 36.2 Å². The van der Waals surface area contributed by atoms with E-state index in [1.54, 1.807) is 12.1 Å². The zero-order valence-electron chi connectivity index (χ0n) is 18.9. The second-order valence-corrected chi connectivity index (χ2v) is 8.44. The van der Waals surface area contributed by atoms with Crippen LogP contribution in [0.15, 0.2) is 48.7 Å². The van der Waals surface area contributed by atoms with E-state index in [1.165, 1.54) is 0 Å². The molecule has 5 rings (SSSR count). The molecule has 0 aliphatic carbocycles. The standard InChI is InChI=1S/C25H25N7O/c1-16-21-12-20(8-9-22(21)29-30(16)3)32-15-23(25(33)31-11-10-19(14-31)27-2)28-24(32)18-6-4-17(13-26)5-7-18/h4-9,12,15,19,27H,10-11,14H2,1-3H3. The fraction of sp³-hybridized carbons (Fsp3) is 0.280. The van der Waals surface area contributed by atoms with Crippen molar-refractivity contribution in [3.63, 3.8) is 0 Å². The first-order chi connectivity index (χ1) is 16.0. The molecule has 2 aromatic heterocycles. The Hall–Kier alpha value is -3.96. The minimum atomic E-state index is -0.0694. The van der Waals surface area contributed by atoms with Gasteiger partial charge in [0.25, 0.3) is 5.91 Å². The van der Waals surface area contributed by atoms with E-state index >= 15 is 0 Å². The Labute approximate surface area is 192 Å². The van der Waals surface area contributed by atoms with Crippen molar-refractivity contribution in [2.75, 3.05) is 20.1 Å². The fourth-order valence-electron chi connectivity index (χ4n) is 4.38. The number of likely N-dealkylation sites (tertiary alicyclic amines) is 1. The molecule has 4 aromatic rings. The summed E-state index contributed by atoms with van der Waals surface area (Å²) in [5, 5.41) is 18.0. The Balaban J connectivity index is 1.61. The van der Waals surface area contributed by atoms with Crippen LogP contribution in [-0.2, 0) is 7.05 Å². The molecule has 1 N–H and O–H groups in total. The number of imidazole rings is 1. The van der Waals surface area contributed by atoms with Crippen molar-refractivity contribution in [2.24, 2.45) is 7.05 Å². The van der Waals surface area contributed by atoms with Crippen molar-refractivity contribution < 1.29 is 4.79 Å². The van der Waals surface area contributed by atoms with Gasteiger partial charge < -0.3 is 10.2 Å². The third-order valence-corrected chi connectivity index (χ3v) is 6.47. The van der Waals surface area contributed by atoms with Crippen LogP contribution in [0.25, 0.3) is 28.0 Å². The zero-order chi connectivity index (χ0) is 23.1. The molecule has 0 bridgehead atoms. The van der Waals surface area contributed by atoms with E-state index < -0.39 is 0 Å². The van der Waals surface area contributed by atoms with Crippen LogP contribution in [0.1, 0.15) is 28.2 Å². The summed E-state index contributed by atoms with van der Waals surface area (Å²) < 4.78 is 3.82. The molecule has 166 valence electrons. The first-order valence-electron chi connectivity index (χ1n) is 11.0. The highest BCUT2D eigenvalue weighted by Crippen LogP contribution is 2.27. The van der Waals surface area contributed by atoms with Crippen LogP contribution in [0.3, 0.4) is 0 Å². The van der Waals surface area contributed by atoms with E-state index in [-0.39, 0.29) is 5.91 Å². The van der Waals surface area contributed by atoms with Gasteiger partial charge in [-0.25, -0.2) is 4.98 Å². The van der Waals surface area contributed by atoms with E-state index in [0.717, 1.165) is 34.3 Å². The third-order valence-electron chi connectivity index (χ3n) is 6.47. The number of hydrogen-bond acceptors (Lipinski definition) is 5. The van der Waals surface area contributed by atoms with Crippen molar-refractivity contribution in [3.8, 4) is 23.1 Å². The van der Waals surface area contributed by atoms with Gasteiger partial charge >= 0.3 is 0 Å². The molecule has 1 fully saturated rings. The molecule has 1 saturated heterocycles. The lowest BCUT2D eigenvalue weighted by Crippen LogP contribution is -2.33. The molecule has 8 nitrogen and oxygen atoms in total. The Kier molecular flexibility index (Phi) is 5.19. The normalized spacial score (nSPS) is 15.8. The second kappa shape index (κ2) is 8.19. The minimum Gasteiger partial charge on any atom is -0.336 e. The van der Waals surface area contributed by atoms with E-state index in [1.807, 2.05) is 65.6 Å². The number of rotatable bonds is 4. The van der Waals surface area contributed by atoms with Gasteiger partial charge in [-0.2, -0.15) is 10.4 Å². The number of amides is 1. The molecule has 0 saturated carbocycles. The average molecular weight is 440 g/mol. The maximum absolute atomic E-state index is 13.3. The van der Waals surface area contributed by atoms with Crippen molar-refractivity contribution in [1.82, 2.24) is 29.5 Å². The quantitative estimate of drug-likeness (QED) is 0.528. The molecule has 1 aliphatic heterocycles. The van der Waals surface area contributed by atoms with Crippen LogP contribution >= 0.6 is 0 Å². The number of nitriles is 1. The lowest BCUT2D eigenvalue weighted by atomic mass is 10.1. The smallest absolute Gasteiger partial charge is 0.274 e. The first-order valence-corrected chi connectivity index (χ1v) is 11.0. The van der Waals surface area contributed by atoms with Crippen LogP contribution in [0, 0.1) is 18.3 Å². The maximum atomic E-state index is 13.3. The monoisotopic (exact) mass is 439 g/mol. The van der Waals surface area contributed by atoms with E-state index in [2.05, 4.69) is 22.6 Å². The predicted molar refractivity (Wildman–Crippen MR) is 126 cm³/mol. The Morgan fingerprint density at radius 2 is 2.00 bits per heavy atom. The van der Waals surface area contributed by atoms with E-state index in [4.69, 9.17) is 10.2 Å². The largest absolute Gasteiger partial charge is 0.336 e. The van der Waals surface area contributed by atoms with Gasteiger partial charge in [-0.05, 0) is 62.9 Å². The number of carbonyl (C=O) groups is 1. The number of fused-ring (bicyclic) bond motifs is 1. The molecular formula is C25H25N7O. The van der Waals surface area contributed by atoms with Crippen LogP contribution in [0.5, 0.6) is 0 Å². The molecule has 1 aliphatic rings. The highest BCUT2D eigenvalue weighted by atomic mass is 16.2. The molecule has 33 heavy (non-hydrogen) atoms. The van der Waals surface area contributed by atoms with Gasteiger partial charge in [0.05, 0.1) is 17.1 Å². The van der Waals surface area contributed by atoms with Crippen LogP contribution in [0.2, 0.25) is 0 Å². The van der Waals surface area contributed by atoms with Crippen molar-refractivity contribution in [1.29, 1.82) is 5.26 Å². The lowest BCUT2D eigenvalue weighted by Gasteiger charge is -2.14. The number of hydrogen-bond donors (Lipinski definition) is 1. The van der Waals surface area contributed by atoms with E-state index in [9.17, 15) is 4.79 Å². The number of carbonyl (C=O) groups excluding carboxylic acids is 1. The first kappa shape index (κ1) is 20.9. The summed E-state index contributed by atoms with van der Waals surface area (Å²) in [7, 11) is 3.85. The van der Waals surface area contributed by atoms with Gasteiger partial charge in [0, 0.05) is 54.7 Å². The molecular weight excluding hydrogens is 414 g/mol. The Bertz CT molecular complexity index is 1390. The van der Waals surface area contributed by atoms with Crippen LogP contribution < -0.4 is 5.32 Å². The molecule has 1 unspecified atom stereocenters. The van der Waals surface area contributed by atoms with Gasteiger partial charge in [0.1, 0.15) is 11.5 Å². The average Bonchev–Trinajstić information content (AvgIpc) is 3.57. The number of nitrogens with one attached hydrogen (secondary N) is 1. The molecule has 0 spiro atoms. The van der Waals surface area contributed by atoms with Crippen molar-refractivity contribution in [3.05, 3.63) is 65.6 Å². The van der Waals surface area contributed by atoms with Crippen molar-refractivity contribution in [2.45, 2.75) is 19.4 Å². The predicted octanol–water partition coefficient (Wildman–Crippen LogP) is 3.04. The van der Waals surface area contributed by atoms with Crippen molar-refractivity contribution >= 4 is 16.8 Å². The van der Waals surface area contributed by atoms with Gasteiger partial charge in [0.15, 0.2) is 0 Å². The summed E-state index contributed by atoms with van der Waals surface area (Å²) >= 11 is 0. The Morgan fingerprint density at radius 3 is 2.70 bits per heavy atom. The number of aryl methyl sites for hydroxylation is 2. The second-order valence-electron chi connectivity index (χ2n) is 8.44. The molecule has 1 atom stereocenters. The molecule has 2 aromatic carbocycles. The summed E-state index contributed by atoms with van der Waals surface area (Å²) in [6.07, 6.45) is 2.75. The van der Waals surface area contributed by atoms with Gasteiger partial charge in [-0.15, -0.1) is 0 Å². The molecule has 3 heterocycles. The van der Waals surface area contributed by atoms with Gasteiger partial charge in [-0.1, -0.05) is 0 Å². The Morgan fingerprint density at radius 1 is 1.21 bits per heavy atom. The number of aromatic nitrogens is 4. The SMILES string of the molecule is CNC1CCN(C(=O)c2cn(-c3ccc4nn(C)c(C)c4c3)c(-c3ccc(C#N)cc3)n2)C1. The third kappa shape index (κ3) is 3.66. The van der Waals surface area contributed by atoms with Crippen LogP contribution in [-0.4, -0.2) is 56.3 Å². The fourth-order valence-corrected chi connectivity index (χ4v) is 4.38. The highest BCUT2D eigenvalue weighted by Gasteiger charge is 2.28. The summed E-state index contributed by atoms with van der Waals surface area (Å²) in [4.78, 5) is 19.9. The van der Waals surface area contributed by atoms with Gasteiger partial charge in [-0.3, -0.25) is 14.0 Å². The summed E-state index contributed by atoms with van der Waals surface area (Å²) in [5.74, 6) is 0.591. The van der Waals surface area contributed by atoms with Gasteiger partial charge in [0.2, 0.25) is 0 Å². The topological polar surface area (TPSA) is 91.8 Å². The van der Waals surface area contributed by atoms with Crippen LogP contribution in [0.4, 0.5) is 0 Å². The summed E-state index contributed by atoms with van der Waals surface area (Å²) in [6, 6.07) is 15.8. The zero-order valence-corrected chi connectivity index (χ0v) is 18.9.